The predicted octanol–water partition coefficient (Wildman–Crippen LogP) is 4.92. The van der Waals surface area contributed by atoms with E-state index in [1.54, 1.807) is 0 Å². The molecule has 3 aromatic carbocycles. The SMILES string of the molecule is Cc1cccc(CC(C)(NC(=O)OCC2c3ccccc3-c3ccccc32)C(=O)O)c1. The summed E-state index contributed by atoms with van der Waals surface area (Å²) in [6, 6.07) is 23.7. The lowest BCUT2D eigenvalue weighted by Crippen LogP contribution is -2.54. The predicted molar refractivity (Wildman–Crippen MR) is 119 cm³/mol. The highest BCUT2D eigenvalue weighted by Gasteiger charge is 2.36. The average Bonchev–Trinajstić information content (AvgIpc) is 3.06. The minimum Gasteiger partial charge on any atom is -0.480 e. The number of carboxylic acids is 1. The van der Waals surface area contributed by atoms with Crippen molar-refractivity contribution in [2.75, 3.05) is 6.61 Å². The van der Waals surface area contributed by atoms with Crippen molar-refractivity contribution in [1.29, 1.82) is 0 Å². The minimum atomic E-state index is -1.48. The van der Waals surface area contributed by atoms with Crippen molar-refractivity contribution in [2.45, 2.75) is 31.7 Å². The van der Waals surface area contributed by atoms with E-state index in [0.29, 0.717) is 0 Å². The van der Waals surface area contributed by atoms with Gasteiger partial charge in [0.05, 0.1) is 0 Å². The minimum absolute atomic E-state index is 0.0778. The molecule has 4 rings (SSSR count). The number of carboxylic acid groups (broad SMARTS) is 1. The molecule has 0 aliphatic heterocycles. The first-order chi connectivity index (χ1) is 14.9. The van der Waals surface area contributed by atoms with Gasteiger partial charge in [0.1, 0.15) is 12.1 Å². The molecule has 0 fully saturated rings. The summed E-state index contributed by atoms with van der Waals surface area (Å²) in [4.78, 5) is 24.6. The van der Waals surface area contributed by atoms with Gasteiger partial charge in [-0.25, -0.2) is 9.59 Å². The number of hydrogen-bond donors (Lipinski definition) is 2. The molecule has 0 radical (unpaired) electrons. The lowest BCUT2D eigenvalue weighted by Gasteiger charge is -2.26. The number of aryl methyl sites for hydroxylation is 1. The molecule has 5 nitrogen and oxygen atoms in total. The molecule has 31 heavy (non-hydrogen) atoms. The van der Waals surface area contributed by atoms with Gasteiger partial charge in [0.2, 0.25) is 0 Å². The Hall–Kier alpha value is -3.60. The van der Waals surface area contributed by atoms with Crippen molar-refractivity contribution in [1.82, 2.24) is 5.32 Å². The second kappa shape index (κ2) is 8.26. The number of alkyl carbamates (subject to hydrolysis) is 1. The second-order valence-electron chi connectivity index (χ2n) is 8.25. The second-order valence-corrected chi connectivity index (χ2v) is 8.25. The van der Waals surface area contributed by atoms with Gasteiger partial charge in [-0.3, -0.25) is 0 Å². The zero-order chi connectivity index (χ0) is 22.0. The number of aliphatic carboxylic acids is 1. The molecule has 0 bridgehead atoms. The van der Waals surface area contributed by atoms with Crippen LogP contribution in [0, 0.1) is 6.92 Å². The van der Waals surface area contributed by atoms with Crippen LogP contribution < -0.4 is 5.32 Å². The van der Waals surface area contributed by atoms with E-state index >= 15 is 0 Å². The molecular weight excluding hydrogens is 390 g/mol. The summed E-state index contributed by atoms with van der Waals surface area (Å²) < 4.78 is 5.53. The number of benzene rings is 3. The van der Waals surface area contributed by atoms with E-state index in [-0.39, 0.29) is 18.9 Å². The highest BCUT2D eigenvalue weighted by molar-refractivity contribution is 5.84. The van der Waals surface area contributed by atoms with Crippen molar-refractivity contribution in [3.63, 3.8) is 0 Å². The summed E-state index contributed by atoms with van der Waals surface area (Å²) in [5.74, 6) is -1.19. The molecule has 1 amide bonds. The summed E-state index contributed by atoms with van der Waals surface area (Å²) in [6.45, 7) is 3.58. The van der Waals surface area contributed by atoms with Crippen molar-refractivity contribution in [2.24, 2.45) is 0 Å². The largest absolute Gasteiger partial charge is 0.480 e. The van der Waals surface area contributed by atoms with E-state index in [9.17, 15) is 14.7 Å². The van der Waals surface area contributed by atoms with Gasteiger partial charge >= 0.3 is 12.1 Å². The molecule has 1 atom stereocenters. The van der Waals surface area contributed by atoms with Crippen LogP contribution >= 0.6 is 0 Å². The summed E-state index contributed by atoms with van der Waals surface area (Å²) in [6.07, 6.45) is -0.576. The Balaban J connectivity index is 1.47. The summed E-state index contributed by atoms with van der Waals surface area (Å²) in [7, 11) is 0. The van der Waals surface area contributed by atoms with Gasteiger partial charge in [-0.1, -0.05) is 78.4 Å². The first kappa shape index (κ1) is 20.7. The van der Waals surface area contributed by atoms with E-state index < -0.39 is 17.6 Å². The molecule has 2 N–H and O–H groups in total. The Morgan fingerprint density at radius 2 is 1.58 bits per heavy atom. The van der Waals surface area contributed by atoms with Crippen LogP contribution in [0.15, 0.2) is 72.8 Å². The molecule has 158 valence electrons. The van der Waals surface area contributed by atoms with Crippen LogP contribution in [0.1, 0.15) is 35.1 Å². The van der Waals surface area contributed by atoms with Crippen LogP contribution in [0.5, 0.6) is 0 Å². The van der Waals surface area contributed by atoms with Crippen molar-refractivity contribution < 1.29 is 19.4 Å². The maximum atomic E-state index is 12.6. The lowest BCUT2D eigenvalue weighted by atomic mass is 9.92. The van der Waals surface area contributed by atoms with Gasteiger partial charge in [0.25, 0.3) is 0 Å². The van der Waals surface area contributed by atoms with E-state index in [1.165, 1.54) is 6.92 Å². The molecule has 3 aromatic rings. The molecule has 0 saturated carbocycles. The maximum Gasteiger partial charge on any atom is 0.408 e. The van der Waals surface area contributed by atoms with E-state index in [4.69, 9.17) is 4.74 Å². The number of carbonyl (C=O) groups is 2. The number of fused-ring (bicyclic) bond motifs is 3. The Kier molecular flexibility index (Phi) is 5.51. The number of rotatable bonds is 6. The quantitative estimate of drug-likeness (QED) is 0.599. The van der Waals surface area contributed by atoms with Gasteiger partial charge in [-0.15, -0.1) is 0 Å². The summed E-state index contributed by atoms with van der Waals surface area (Å²) in [5.41, 5.74) is 4.89. The van der Waals surface area contributed by atoms with E-state index in [1.807, 2.05) is 67.6 Å². The maximum absolute atomic E-state index is 12.6. The van der Waals surface area contributed by atoms with Gasteiger partial charge in [0, 0.05) is 12.3 Å². The third-order valence-electron chi connectivity index (χ3n) is 5.83. The van der Waals surface area contributed by atoms with Crippen LogP contribution in [0.3, 0.4) is 0 Å². The number of nitrogens with one attached hydrogen (secondary N) is 1. The van der Waals surface area contributed by atoms with Crippen LogP contribution in [0.25, 0.3) is 11.1 Å². The highest BCUT2D eigenvalue weighted by atomic mass is 16.5. The van der Waals surface area contributed by atoms with Crippen molar-refractivity contribution in [3.8, 4) is 11.1 Å². The van der Waals surface area contributed by atoms with Gasteiger partial charge in [-0.2, -0.15) is 0 Å². The third-order valence-corrected chi connectivity index (χ3v) is 5.83. The third kappa shape index (κ3) is 4.17. The molecule has 0 aromatic heterocycles. The topological polar surface area (TPSA) is 75.6 Å². The van der Waals surface area contributed by atoms with Crippen LogP contribution in [-0.2, 0) is 16.0 Å². The number of amides is 1. The van der Waals surface area contributed by atoms with E-state index in [0.717, 1.165) is 33.4 Å². The number of hydrogen-bond acceptors (Lipinski definition) is 3. The molecule has 1 unspecified atom stereocenters. The molecule has 0 heterocycles. The normalized spacial score (nSPS) is 14.3. The smallest absolute Gasteiger partial charge is 0.408 e. The lowest BCUT2D eigenvalue weighted by molar-refractivity contribution is -0.143. The molecule has 0 saturated heterocycles. The van der Waals surface area contributed by atoms with Crippen LogP contribution in [-0.4, -0.2) is 29.3 Å². The van der Waals surface area contributed by atoms with Crippen molar-refractivity contribution >= 4 is 12.1 Å². The monoisotopic (exact) mass is 415 g/mol. The highest BCUT2D eigenvalue weighted by Crippen LogP contribution is 2.44. The Labute approximate surface area is 181 Å². The standard InChI is InChI=1S/C26H25NO4/c1-17-8-7-9-18(14-17)15-26(2,24(28)29)27-25(30)31-16-23-21-12-5-3-10-19(21)20-11-4-6-13-22(20)23/h3-14,23H,15-16H2,1-2H3,(H,27,30)(H,28,29). The zero-order valence-corrected chi connectivity index (χ0v) is 17.6. The van der Waals surface area contributed by atoms with E-state index in [2.05, 4.69) is 17.4 Å². The molecular formula is C26H25NO4. The number of ether oxygens (including phenoxy) is 1. The fourth-order valence-corrected chi connectivity index (χ4v) is 4.26. The molecule has 1 aliphatic carbocycles. The Bertz CT molecular complexity index is 1090. The zero-order valence-electron chi connectivity index (χ0n) is 17.6. The van der Waals surface area contributed by atoms with Gasteiger partial charge in [-0.05, 0) is 41.7 Å². The van der Waals surface area contributed by atoms with Crippen molar-refractivity contribution in [3.05, 3.63) is 95.1 Å². The van der Waals surface area contributed by atoms with Crippen LogP contribution in [0.2, 0.25) is 0 Å². The summed E-state index contributed by atoms with van der Waals surface area (Å²) in [5, 5.41) is 12.4. The first-order valence-corrected chi connectivity index (χ1v) is 10.3. The molecule has 1 aliphatic rings. The Morgan fingerprint density at radius 3 is 2.16 bits per heavy atom. The van der Waals surface area contributed by atoms with Gasteiger partial charge in [0.15, 0.2) is 0 Å². The summed E-state index contributed by atoms with van der Waals surface area (Å²) >= 11 is 0. The number of carbonyl (C=O) groups excluding carboxylic acids is 1. The average molecular weight is 415 g/mol. The molecule has 5 heteroatoms. The fourth-order valence-electron chi connectivity index (χ4n) is 4.26. The first-order valence-electron chi connectivity index (χ1n) is 10.3. The Morgan fingerprint density at radius 1 is 0.968 bits per heavy atom. The fraction of sp³-hybridized carbons (Fsp3) is 0.231. The van der Waals surface area contributed by atoms with Gasteiger partial charge < -0.3 is 15.2 Å². The van der Waals surface area contributed by atoms with Crippen LogP contribution in [0.4, 0.5) is 4.79 Å². The molecule has 0 spiro atoms.